The molecule has 16 heavy (non-hydrogen) atoms. The van der Waals surface area contributed by atoms with E-state index >= 15 is 0 Å². The van der Waals surface area contributed by atoms with Gasteiger partial charge in [0.15, 0.2) is 0 Å². The van der Waals surface area contributed by atoms with Crippen LogP contribution >= 0.6 is 7.82 Å². The van der Waals surface area contributed by atoms with Crippen molar-refractivity contribution in [3.8, 4) is 0 Å². The summed E-state index contributed by atoms with van der Waals surface area (Å²) in [6.45, 7) is 2.69. The lowest BCUT2D eigenvalue weighted by molar-refractivity contribution is 0.124. The van der Waals surface area contributed by atoms with E-state index in [-0.39, 0.29) is 0 Å². The molecule has 5 nitrogen and oxygen atoms in total. The van der Waals surface area contributed by atoms with Gasteiger partial charge in [-0.05, 0) is 6.42 Å². The molecule has 0 radical (unpaired) electrons. The molecule has 6 heteroatoms. The lowest BCUT2D eigenvalue weighted by Crippen LogP contribution is -2.14. The summed E-state index contributed by atoms with van der Waals surface area (Å²) in [5.74, 6) is 0. The molecule has 0 heterocycles. The van der Waals surface area contributed by atoms with Crippen LogP contribution in [0.1, 0.15) is 58.3 Å². The molecule has 0 aliphatic heterocycles. The summed E-state index contributed by atoms with van der Waals surface area (Å²) in [5.41, 5.74) is 2.27. The number of rotatable bonds is 11. The Labute approximate surface area is 97.8 Å². The van der Waals surface area contributed by atoms with Gasteiger partial charge in [-0.15, -0.1) is 0 Å². The van der Waals surface area contributed by atoms with Crippen molar-refractivity contribution in [2.24, 2.45) is 0 Å². The fourth-order valence-corrected chi connectivity index (χ4v) is 1.72. The van der Waals surface area contributed by atoms with Gasteiger partial charge in [-0.1, -0.05) is 51.9 Å². The maximum absolute atomic E-state index is 10.3. The zero-order valence-corrected chi connectivity index (χ0v) is 10.9. The average molecular weight is 253 g/mol. The van der Waals surface area contributed by atoms with Gasteiger partial charge in [0.2, 0.25) is 0 Å². The highest BCUT2D eigenvalue weighted by molar-refractivity contribution is 7.46. The van der Waals surface area contributed by atoms with Gasteiger partial charge in [-0.2, -0.15) is 10.1 Å². The molecule has 3 N–H and O–H groups in total. The molecule has 0 aromatic heterocycles. The van der Waals surface area contributed by atoms with Crippen molar-refractivity contribution in [1.29, 1.82) is 0 Å². The van der Waals surface area contributed by atoms with Crippen molar-refractivity contribution >= 4 is 7.82 Å². The number of phosphoric acid groups is 1. The summed E-state index contributed by atoms with van der Waals surface area (Å²) >= 11 is 0. The first-order valence-electron chi connectivity index (χ1n) is 6.03. The summed E-state index contributed by atoms with van der Waals surface area (Å²) in [4.78, 5) is 16.7. The molecule has 0 saturated heterocycles. The van der Waals surface area contributed by atoms with Crippen LogP contribution in [0.3, 0.4) is 0 Å². The molecule has 0 aliphatic rings. The highest BCUT2D eigenvalue weighted by Crippen LogP contribution is 2.33. The van der Waals surface area contributed by atoms with E-state index in [1.807, 2.05) is 0 Å². The summed E-state index contributed by atoms with van der Waals surface area (Å²) < 4.78 is 14.4. The minimum absolute atomic E-state index is 0.486. The third-order valence-electron chi connectivity index (χ3n) is 2.32. The Kier molecular flexibility index (Phi) is 10.3. The third kappa shape index (κ3) is 14.1. The van der Waals surface area contributed by atoms with Crippen LogP contribution in [-0.4, -0.2) is 16.3 Å². The van der Waals surface area contributed by atoms with Crippen LogP contribution < -0.4 is 5.48 Å². The Morgan fingerprint density at radius 2 is 1.50 bits per heavy atom. The van der Waals surface area contributed by atoms with E-state index in [1.165, 1.54) is 38.5 Å². The van der Waals surface area contributed by atoms with Crippen molar-refractivity contribution in [2.75, 3.05) is 6.54 Å². The second-order valence-electron chi connectivity index (χ2n) is 3.95. The molecule has 98 valence electrons. The van der Waals surface area contributed by atoms with Crippen molar-refractivity contribution < 1.29 is 19.0 Å². The quantitative estimate of drug-likeness (QED) is 0.300. The molecule has 0 bridgehead atoms. The second-order valence-corrected chi connectivity index (χ2v) is 5.11. The number of hydrogen-bond acceptors (Lipinski definition) is 3. The van der Waals surface area contributed by atoms with E-state index < -0.39 is 7.82 Å². The van der Waals surface area contributed by atoms with Crippen molar-refractivity contribution in [1.82, 2.24) is 5.48 Å². The summed E-state index contributed by atoms with van der Waals surface area (Å²) in [6, 6.07) is 0. The van der Waals surface area contributed by atoms with Gasteiger partial charge in [0.1, 0.15) is 0 Å². The Balaban J connectivity index is 3.02. The van der Waals surface area contributed by atoms with Gasteiger partial charge >= 0.3 is 7.82 Å². The van der Waals surface area contributed by atoms with E-state index in [4.69, 9.17) is 9.79 Å². The minimum Gasteiger partial charge on any atom is -0.302 e. The van der Waals surface area contributed by atoms with Crippen LogP contribution in [0.5, 0.6) is 0 Å². The molecule has 0 spiro atoms. The molecule has 0 aromatic rings. The molecule has 0 aliphatic carbocycles. The normalized spacial score (nSPS) is 11.9. The number of hydrogen-bond donors (Lipinski definition) is 3. The Morgan fingerprint density at radius 3 is 2.00 bits per heavy atom. The third-order valence-corrected chi connectivity index (χ3v) is 2.68. The van der Waals surface area contributed by atoms with Crippen molar-refractivity contribution in [2.45, 2.75) is 58.3 Å². The van der Waals surface area contributed by atoms with E-state index in [1.54, 1.807) is 0 Å². The zero-order chi connectivity index (χ0) is 12.3. The van der Waals surface area contributed by atoms with Gasteiger partial charge < -0.3 is 9.79 Å². The monoisotopic (exact) mass is 253 g/mol. The van der Waals surface area contributed by atoms with Gasteiger partial charge in [0, 0.05) is 6.54 Å². The topological polar surface area (TPSA) is 78.8 Å². The SMILES string of the molecule is CCCCCCCCCCNOP(=O)(O)O. The maximum atomic E-state index is 10.3. The van der Waals surface area contributed by atoms with E-state index in [2.05, 4.69) is 17.0 Å². The average Bonchev–Trinajstić information content (AvgIpc) is 2.19. The maximum Gasteiger partial charge on any atom is 0.486 e. The van der Waals surface area contributed by atoms with Crippen LogP contribution in [-0.2, 0) is 9.19 Å². The molecular weight excluding hydrogens is 229 g/mol. The Morgan fingerprint density at radius 1 is 1.00 bits per heavy atom. The summed E-state index contributed by atoms with van der Waals surface area (Å²) in [7, 11) is -4.35. The predicted octanol–water partition coefficient (Wildman–Crippen LogP) is 2.74. The van der Waals surface area contributed by atoms with Crippen LogP contribution in [0.4, 0.5) is 0 Å². The zero-order valence-electron chi connectivity index (χ0n) is 10.0. The molecule has 0 atom stereocenters. The highest BCUT2D eigenvalue weighted by atomic mass is 31.2. The smallest absolute Gasteiger partial charge is 0.302 e. The lowest BCUT2D eigenvalue weighted by Gasteiger charge is -2.05. The van der Waals surface area contributed by atoms with E-state index in [0.29, 0.717) is 6.54 Å². The van der Waals surface area contributed by atoms with Crippen LogP contribution in [0.2, 0.25) is 0 Å². The Bertz CT molecular complexity index is 195. The number of nitrogens with one attached hydrogen (secondary N) is 1. The van der Waals surface area contributed by atoms with Crippen LogP contribution in [0.25, 0.3) is 0 Å². The molecule has 0 aromatic carbocycles. The Hall–Kier alpha value is 0.0700. The van der Waals surface area contributed by atoms with Gasteiger partial charge in [0.05, 0.1) is 0 Å². The standard InChI is InChI=1S/C10H24NO4P/c1-2-3-4-5-6-7-8-9-10-11-15-16(12,13)14/h11H,2-10H2,1H3,(H2,12,13,14). The molecule has 0 amide bonds. The van der Waals surface area contributed by atoms with E-state index in [0.717, 1.165) is 12.8 Å². The molecule has 0 saturated carbocycles. The number of unbranched alkanes of at least 4 members (excludes halogenated alkanes) is 7. The highest BCUT2D eigenvalue weighted by Gasteiger charge is 2.12. The van der Waals surface area contributed by atoms with Gasteiger partial charge in [-0.25, -0.2) is 4.57 Å². The first kappa shape index (κ1) is 16.1. The molecule has 0 unspecified atom stereocenters. The van der Waals surface area contributed by atoms with E-state index in [9.17, 15) is 4.57 Å². The first-order valence-corrected chi connectivity index (χ1v) is 7.56. The van der Waals surface area contributed by atoms with Crippen LogP contribution in [0.15, 0.2) is 0 Å². The largest absolute Gasteiger partial charge is 0.486 e. The molecule has 0 fully saturated rings. The number of hydroxylamine groups is 1. The minimum atomic E-state index is -4.35. The second kappa shape index (κ2) is 10.2. The fraction of sp³-hybridized carbons (Fsp3) is 1.00. The summed E-state index contributed by atoms with van der Waals surface area (Å²) in [6.07, 6.45) is 9.58. The van der Waals surface area contributed by atoms with Gasteiger partial charge in [-0.3, -0.25) is 0 Å². The lowest BCUT2D eigenvalue weighted by atomic mass is 10.1. The molecule has 0 rings (SSSR count). The first-order chi connectivity index (χ1) is 7.56. The summed E-state index contributed by atoms with van der Waals surface area (Å²) in [5, 5.41) is 0. The van der Waals surface area contributed by atoms with Crippen molar-refractivity contribution in [3.63, 3.8) is 0 Å². The molecular formula is C10H24NO4P. The van der Waals surface area contributed by atoms with Crippen molar-refractivity contribution in [3.05, 3.63) is 0 Å². The predicted molar refractivity (Wildman–Crippen MR) is 63.7 cm³/mol. The van der Waals surface area contributed by atoms with Crippen LogP contribution in [0, 0.1) is 0 Å². The van der Waals surface area contributed by atoms with Gasteiger partial charge in [0.25, 0.3) is 0 Å². The fourth-order valence-electron chi connectivity index (χ4n) is 1.46.